The molecule has 0 saturated heterocycles. The molecule has 570 valence electrons. The van der Waals surface area contributed by atoms with Crippen molar-refractivity contribution in [3.8, 4) is 66.8 Å². The third kappa shape index (κ3) is 12.0. The number of anilines is 18. The van der Waals surface area contributed by atoms with Gasteiger partial charge in [-0.25, -0.2) is 0 Å². The van der Waals surface area contributed by atoms with Crippen molar-refractivity contribution >= 4 is 149 Å². The Bertz CT molecular complexity index is 7110. The molecule has 0 atom stereocenters. The molecule has 0 bridgehead atoms. The number of hydrogen-bond donors (Lipinski definition) is 0. The second kappa shape index (κ2) is 30.2. The zero-order chi connectivity index (χ0) is 80.6. The van der Waals surface area contributed by atoms with Crippen LogP contribution in [0.25, 0.3) is 66.8 Å². The van der Waals surface area contributed by atoms with E-state index in [1.54, 1.807) is 0 Å². The van der Waals surface area contributed by atoms with Gasteiger partial charge >= 0.3 is 0 Å². The molecule has 19 aromatic carbocycles. The van der Waals surface area contributed by atoms with Crippen LogP contribution in [-0.2, 0) is 0 Å². The molecule has 4 aliphatic rings. The fourth-order valence-electron chi connectivity index (χ4n) is 19.8. The van der Waals surface area contributed by atoms with Crippen LogP contribution < -0.4 is 62.2 Å². The third-order valence-corrected chi connectivity index (χ3v) is 24.9. The van der Waals surface area contributed by atoms with E-state index >= 15 is 0 Å². The SMILES string of the molecule is c1ccc(-c2ccccc2N(c2ccccc2)c2cc3c4c(c2)N(c2ccccc2-c2ccccc2)c2ccccc2B4c2cc4c(cc2N3c2ccccc2)N(c2c(-c3ccccc3)cccc2-c2ccccc2)c2cc(N(c3ccccc3)c3ccccc3-c3ccccc3)cc3c2B4c2ccccc2N3c2ccccc2-c2ccccc2)cc1. The van der Waals surface area contributed by atoms with Crippen molar-refractivity contribution in [1.82, 2.24) is 0 Å². The first-order chi connectivity index (χ1) is 60.6. The molecular formula is C114H78B2N6. The zero-order valence-corrected chi connectivity index (χ0v) is 66.9. The molecule has 0 fully saturated rings. The van der Waals surface area contributed by atoms with Crippen molar-refractivity contribution in [2.75, 3.05) is 29.4 Å². The molecule has 122 heavy (non-hydrogen) atoms. The van der Waals surface area contributed by atoms with Crippen LogP contribution in [0, 0.1) is 0 Å². The molecule has 0 saturated carbocycles. The Labute approximate surface area is 713 Å². The Morgan fingerprint density at radius 1 is 0.164 bits per heavy atom. The van der Waals surface area contributed by atoms with E-state index in [0.717, 1.165) is 169 Å². The highest BCUT2D eigenvalue weighted by Crippen LogP contribution is 2.57. The first kappa shape index (κ1) is 71.4. The van der Waals surface area contributed by atoms with Crippen molar-refractivity contribution in [2.45, 2.75) is 0 Å². The van der Waals surface area contributed by atoms with Crippen LogP contribution >= 0.6 is 0 Å². The Balaban J connectivity index is 0.881. The minimum Gasteiger partial charge on any atom is -0.311 e. The molecule has 0 aliphatic carbocycles. The molecule has 4 heterocycles. The van der Waals surface area contributed by atoms with E-state index in [0.29, 0.717) is 0 Å². The maximum absolute atomic E-state index is 2.72. The second-order valence-corrected chi connectivity index (χ2v) is 31.7. The smallest absolute Gasteiger partial charge is 0.252 e. The van der Waals surface area contributed by atoms with E-state index in [-0.39, 0.29) is 13.4 Å². The summed E-state index contributed by atoms with van der Waals surface area (Å²) in [4.78, 5) is 15.6. The first-order valence-electron chi connectivity index (χ1n) is 42.1. The van der Waals surface area contributed by atoms with Crippen LogP contribution in [0.15, 0.2) is 473 Å². The summed E-state index contributed by atoms with van der Waals surface area (Å²) in [5.41, 5.74) is 39.7. The topological polar surface area (TPSA) is 19.4 Å². The van der Waals surface area contributed by atoms with Gasteiger partial charge in [-0.1, -0.05) is 370 Å². The van der Waals surface area contributed by atoms with Crippen molar-refractivity contribution in [1.29, 1.82) is 0 Å². The number of rotatable bonds is 16. The Morgan fingerprint density at radius 2 is 0.443 bits per heavy atom. The summed E-state index contributed by atoms with van der Waals surface area (Å²) >= 11 is 0. The van der Waals surface area contributed by atoms with Crippen molar-refractivity contribution in [3.05, 3.63) is 473 Å². The highest BCUT2D eigenvalue weighted by molar-refractivity contribution is 7.03. The molecule has 23 rings (SSSR count). The molecule has 19 aromatic rings. The molecule has 0 spiro atoms. The first-order valence-corrected chi connectivity index (χ1v) is 42.1. The van der Waals surface area contributed by atoms with Gasteiger partial charge in [-0.2, -0.15) is 0 Å². The molecule has 0 N–H and O–H groups in total. The fourth-order valence-corrected chi connectivity index (χ4v) is 19.8. The lowest BCUT2D eigenvalue weighted by atomic mass is 9.30. The van der Waals surface area contributed by atoms with E-state index < -0.39 is 0 Å². The van der Waals surface area contributed by atoms with Gasteiger partial charge in [0, 0.05) is 95.9 Å². The summed E-state index contributed by atoms with van der Waals surface area (Å²) in [6.07, 6.45) is 0. The van der Waals surface area contributed by atoms with E-state index in [2.05, 4.69) is 503 Å². The molecule has 0 unspecified atom stereocenters. The lowest BCUT2D eigenvalue weighted by molar-refractivity contribution is 1.21. The number of benzene rings is 19. The Hall–Kier alpha value is -15.9. The lowest BCUT2D eigenvalue weighted by Crippen LogP contribution is -2.65. The molecule has 0 radical (unpaired) electrons. The second-order valence-electron chi connectivity index (χ2n) is 31.7. The largest absolute Gasteiger partial charge is 0.311 e. The Morgan fingerprint density at radius 3 is 0.836 bits per heavy atom. The van der Waals surface area contributed by atoms with Gasteiger partial charge in [0.05, 0.1) is 39.8 Å². The van der Waals surface area contributed by atoms with Crippen LogP contribution in [0.3, 0.4) is 0 Å². The van der Waals surface area contributed by atoms with Crippen LogP contribution in [0.4, 0.5) is 102 Å². The Kier molecular flexibility index (Phi) is 17.7. The molecular weight excluding hydrogens is 1470 g/mol. The fraction of sp³-hybridized carbons (Fsp3) is 0. The van der Waals surface area contributed by atoms with Crippen LogP contribution in [-0.4, -0.2) is 13.4 Å². The summed E-state index contributed by atoms with van der Waals surface area (Å²) in [5, 5.41) is 0. The highest BCUT2D eigenvalue weighted by Gasteiger charge is 2.50. The quantitative estimate of drug-likeness (QED) is 0.0892. The predicted octanol–water partition coefficient (Wildman–Crippen LogP) is 26.8. The maximum atomic E-state index is 2.72. The van der Waals surface area contributed by atoms with Gasteiger partial charge in [0.2, 0.25) is 0 Å². The summed E-state index contributed by atoms with van der Waals surface area (Å²) in [6, 6.07) is 176. The van der Waals surface area contributed by atoms with Crippen molar-refractivity contribution in [3.63, 3.8) is 0 Å². The minimum absolute atomic E-state index is 0.308. The highest BCUT2D eigenvalue weighted by atomic mass is 15.2. The van der Waals surface area contributed by atoms with Gasteiger partial charge in [-0.3, -0.25) is 0 Å². The van der Waals surface area contributed by atoms with E-state index in [1.165, 1.54) is 32.8 Å². The lowest BCUT2D eigenvalue weighted by Gasteiger charge is -2.48. The normalized spacial score (nSPS) is 12.5. The average molecular weight is 1550 g/mol. The van der Waals surface area contributed by atoms with Gasteiger partial charge in [-0.05, 0) is 169 Å². The van der Waals surface area contributed by atoms with Gasteiger partial charge < -0.3 is 29.4 Å². The standard InChI is InChI=1S/C114H78B2N6/c1-10-41-79(42-11-1)90-59-28-34-67-100(90)117(85-53-22-7-23-54-85)88-73-108-112-109(74-88)120(102-69-36-30-61-92(102)81-45-14-3-15-46-81)104-71-38-32-65-96(104)115(112)98-77-99-107(78-106(98)119(108)87-57-26-9-27-58-87)122(114-94(83-49-18-5-19-50-83)63-40-64-95(114)84-51-20-6-21-52-84)111-76-89(118(86-55-24-8-25-56-86)101-68-35-29-60-91(101)80-43-12-2-13-44-80)75-110-113(111)116(99)97-66-33-39-72-105(97)121(110)103-70-37-31-62-93(103)82-47-16-4-17-48-82/h1-78H. The van der Waals surface area contributed by atoms with E-state index in [9.17, 15) is 0 Å². The number of nitrogens with zero attached hydrogens (tertiary/aromatic N) is 6. The van der Waals surface area contributed by atoms with E-state index in [1.807, 2.05) is 0 Å². The van der Waals surface area contributed by atoms with Crippen molar-refractivity contribution < 1.29 is 0 Å². The number of para-hydroxylation sites is 10. The number of hydrogen-bond acceptors (Lipinski definition) is 6. The maximum Gasteiger partial charge on any atom is 0.252 e. The van der Waals surface area contributed by atoms with Crippen LogP contribution in [0.5, 0.6) is 0 Å². The molecule has 0 amide bonds. The summed E-state index contributed by atoms with van der Waals surface area (Å²) in [6.45, 7) is -0.642. The minimum atomic E-state index is -0.335. The summed E-state index contributed by atoms with van der Waals surface area (Å²) in [7, 11) is 0. The van der Waals surface area contributed by atoms with Crippen molar-refractivity contribution in [2.24, 2.45) is 0 Å². The van der Waals surface area contributed by atoms with Gasteiger partial charge in [0.25, 0.3) is 13.4 Å². The van der Waals surface area contributed by atoms with E-state index in [4.69, 9.17) is 0 Å². The van der Waals surface area contributed by atoms with Gasteiger partial charge in [-0.15, -0.1) is 0 Å². The molecule has 0 aromatic heterocycles. The summed E-state index contributed by atoms with van der Waals surface area (Å²) in [5.74, 6) is 0. The predicted molar refractivity (Wildman–Crippen MR) is 516 cm³/mol. The third-order valence-electron chi connectivity index (χ3n) is 24.9. The average Bonchev–Trinajstić information content (AvgIpc) is 0.678. The van der Waals surface area contributed by atoms with Gasteiger partial charge in [0.1, 0.15) is 0 Å². The van der Waals surface area contributed by atoms with Crippen LogP contribution in [0.1, 0.15) is 0 Å². The summed E-state index contributed by atoms with van der Waals surface area (Å²) < 4.78 is 0. The molecule has 4 aliphatic heterocycles. The van der Waals surface area contributed by atoms with Crippen LogP contribution in [0.2, 0.25) is 0 Å². The number of fused-ring (bicyclic) bond motifs is 8. The monoisotopic (exact) mass is 1550 g/mol. The zero-order valence-electron chi connectivity index (χ0n) is 66.9. The molecule has 8 heteroatoms. The molecule has 6 nitrogen and oxygen atoms in total. The van der Waals surface area contributed by atoms with Gasteiger partial charge in [0.15, 0.2) is 0 Å².